The van der Waals surface area contributed by atoms with E-state index < -0.39 is 40.1 Å². The summed E-state index contributed by atoms with van der Waals surface area (Å²) in [5.41, 5.74) is 0. The van der Waals surface area contributed by atoms with Crippen LogP contribution >= 0.6 is 0 Å². The van der Waals surface area contributed by atoms with Crippen molar-refractivity contribution in [1.29, 1.82) is 0 Å². The Hall–Kier alpha value is -0.790. The summed E-state index contributed by atoms with van der Waals surface area (Å²) in [4.78, 5) is 22.1. The van der Waals surface area contributed by atoms with Gasteiger partial charge in [0.1, 0.15) is 4.75 Å². The lowest BCUT2D eigenvalue weighted by molar-refractivity contribution is -0.143. The van der Waals surface area contributed by atoms with E-state index in [1.807, 2.05) is 0 Å². The maximum Gasteiger partial charge on any atom is 0.330 e. The monoisotopic (exact) mass is 249 g/mol. The van der Waals surface area contributed by atoms with Crippen molar-refractivity contribution >= 4 is 23.3 Å². The smallest absolute Gasteiger partial charge is 0.330 e. The number of hydrogen-bond donors (Lipinski definition) is 1. The predicted octanol–water partition coefficient (Wildman–Crippen LogP) is -0.241. The molecule has 6 nitrogen and oxygen atoms in total. The van der Waals surface area contributed by atoms with Gasteiger partial charge in [0, 0.05) is 11.4 Å². The molecule has 1 aliphatic heterocycles. The molecule has 0 aromatic carbocycles. The van der Waals surface area contributed by atoms with Crippen LogP contribution in [0.5, 0.6) is 0 Å². The summed E-state index contributed by atoms with van der Waals surface area (Å²) >= 11 is -1.53. The van der Waals surface area contributed by atoms with Gasteiger partial charge in [-0.1, -0.05) is 4.31 Å². The standard InChI is InChI=1S/C9H15NO5S/c1-9(2,3)16(14)10-5(7(11)12)6(10)8(13)15-4/h5-6H,1-4H3,(H,11,12)/t5-,6+,10-,16-/m1/s1. The zero-order valence-electron chi connectivity index (χ0n) is 9.59. The zero-order chi connectivity index (χ0) is 12.7. The molecular weight excluding hydrogens is 234 g/mol. The van der Waals surface area contributed by atoms with Gasteiger partial charge in [-0.2, -0.15) is 0 Å². The zero-order valence-corrected chi connectivity index (χ0v) is 10.4. The number of aliphatic carboxylic acids is 1. The van der Waals surface area contributed by atoms with E-state index in [-0.39, 0.29) is 0 Å². The fourth-order valence-electron chi connectivity index (χ4n) is 1.33. The Balaban J connectivity index is 2.82. The molecule has 4 atom stereocenters. The average Bonchev–Trinajstić information content (AvgIpc) is 2.88. The largest absolute Gasteiger partial charge is 0.597 e. The van der Waals surface area contributed by atoms with Crippen molar-refractivity contribution in [1.82, 2.24) is 4.31 Å². The number of methoxy groups -OCH3 is 1. The van der Waals surface area contributed by atoms with Gasteiger partial charge in [-0.05, 0) is 20.8 Å². The predicted molar refractivity (Wildman–Crippen MR) is 57.0 cm³/mol. The molecule has 0 saturated carbocycles. The first kappa shape index (κ1) is 13.3. The van der Waals surface area contributed by atoms with E-state index in [0.717, 1.165) is 4.31 Å². The van der Waals surface area contributed by atoms with Gasteiger partial charge < -0.3 is 14.4 Å². The van der Waals surface area contributed by atoms with Gasteiger partial charge >= 0.3 is 11.9 Å². The van der Waals surface area contributed by atoms with Crippen LogP contribution in [-0.4, -0.2) is 49.8 Å². The third-order valence-electron chi connectivity index (χ3n) is 2.17. The Labute approximate surface area is 96.9 Å². The Morgan fingerprint density at radius 3 is 2.19 bits per heavy atom. The summed E-state index contributed by atoms with van der Waals surface area (Å²) in [5.74, 6) is -1.82. The SMILES string of the molecule is COC(=O)[C@@H]1[C@H](C(=O)O)[N@@]1[S@+]([O-])C(C)(C)C. The minimum atomic E-state index is -1.53. The highest BCUT2D eigenvalue weighted by Gasteiger charge is 2.67. The number of nitrogens with zero attached hydrogens (tertiary/aromatic N) is 1. The first-order valence-corrected chi connectivity index (χ1v) is 5.83. The molecule has 1 aliphatic rings. The second-order valence-corrected chi connectivity index (χ2v) is 6.62. The molecule has 1 heterocycles. The summed E-state index contributed by atoms with van der Waals surface area (Å²) in [5, 5.41) is 8.87. The summed E-state index contributed by atoms with van der Waals surface area (Å²) < 4.78 is 17.0. The van der Waals surface area contributed by atoms with Gasteiger partial charge in [0.2, 0.25) is 0 Å². The first-order chi connectivity index (χ1) is 7.21. The van der Waals surface area contributed by atoms with E-state index in [4.69, 9.17) is 5.11 Å². The van der Waals surface area contributed by atoms with E-state index in [1.54, 1.807) is 20.8 Å². The molecule has 0 amide bonds. The first-order valence-electron chi connectivity index (χ1n) is 4.72. The molecular formula is C9H15NO5S. The molecule has 7 heteroatoms. The van der Waals surface area contributed by atoms with Gasteiger partial charge in [-0.3, -0.25) is 9.59 Å². The molecule has 0 unspecified atom stereocenters. The molecule has 0 aromatic rings. The Morgan fingerprint density at radius 2 is 1.88 bits per heavy atom. The maximum atomic E-state index is 11.9. The lowest BCUT2D eigenvalue weighted by Crippen LogP contribution is -2.36. The molecule has 0 aliphatic carbocycles. The minimum Gasteiger partial charge on any atom is -0.597 e. The van der Waals surface area contributed by atoms with Crippen LogP contribution < -0.4 is 0 Å². The van der Waals surface area contributed by atoms with Gasteiger partial charge in [0.15, 0.2) is 12.1 Å². The van der Waals surface area contributed by atoms with E-state index in [0.29, 0.717) is 0 Å². The van der Waals surface area contributed by atoms with E-state index in [2.05, 4.69) is 4.74 Å². The topological polar surface area (TPSA) is 89.7 Å². The number of esters is 1. The highest BCUT2D eigenvalue weighted by atomic mass is 32.2. The molecule has 0 aromatic heterocycles. The van der Waals surface area contributed by atoms with Crippen LogP contribution in [0.3, 0.4) is 0 Å². The van der Waals surface area contributed by atoms with Crippen LogP contribution in [0.2, 0.25) is 0 Å². The Morgan fingerprint density at radius 1 is 1.38 bits per heavy atom. The van der Waals surface area contributed by atoms with Crippen molar-refractivity contribution in [3.63, 3.8) is 0 Å². The summed E-state index contributed by atoms with van der Waals surface area (Å²) in [6.07, 6.45) is 0. The number of carboxylic acid groups (broad SMARTS) is 1. The molecule has 0 radical (unpaired) electrons. The number of carboxylic acids is 1. The fourth-order valence-corrected chi connectivity index (χ4v) is 2.73. The van der Waals surface area contributed by atoms with Crippen LogP contribution in [0, 0.1) is 0 Å². The van der Waals surface area contributed by atoms with Crippen LogP contribution in [0.1, 0.15) is 20.8 Å². The van der Waals surface area contributed by atoms with Crippen molar-refractivity contribution in [2.75, 3.05) is 7.11 Å². The molecule has 0 bridgehead atoms. The third kappa shape index (κ3) is 2.31. The highest BCUT2D eigenvalue weighted by molar-refractivity contribution is 7.90. The lowest BCUT2D eigenvalue weighted by atomic mass is 10.3. The van der Waals surface area contributed by atoms with Gasteiger partial charge in [-0.15, -0.1) is 0 Å². The number of carbonyl (C=O) groups is 2. The second-order valence-electron chi connectivity index (χ2n) is 4.47. The summed E-state index contributed by atoms with van der Waals surface area (Å²) in [7, 11) is 1.18. The Bertz CT molecular complexity index is 314. The van der Waals surface area contributed by atoms with Gasteiger partial charge in [0.25, 0.3) is 0 Å². The van der Waals surface area contributed by atoms with Crippen LogP contribution in [-0.2, 0) is 25.7 Å². The Kier molecular flexibility index (Phi) is 3.51. The quantitative estimate of drug-likeness (QED) is 0.422. The van der Waals surface area contributed by atoms with Crippen molar-refractivity contribution in [2.24, 2.45) is 0 Å². The minimum absolute atomic E-state index is 0.601. The number of hydrogen-bond acceptors (Lipinski definition) is 5. The highest BCUT2D eigenvalue weighted by Crippen LogP contribution is 2.38. The molecule has 1 fully saturated rings. The molecule has 1 N–H and O–H groups in total. The van der Waals surface area contributed by atoms with E-state index >= 15 is 0 Å². The van der Waals surface area contributed by atoms with Crippen molar-refractivity contribution < 1.29 is 24.0 Å². The van der Waals surface area contributed by atoms with Crippen molar-refractivity contribution in [2.45, 2.75) is 37.6 Å². The van der Waals surface area contributed by atoms with Crippen molar-refractivity contribution in [3.05, 3.63) is 0 Å². The molecule has 0 spiro atoms. The lowest BCUT2D eigenvalue weighted by Gasteiger charge is -2.24. The third-order valence-corrected chi connectivity index (χ3v) is 4.05. The number of carbonyl (C=O) groups excluding carboxylic acids is 1. The van der Waals surface area contributed by atoms with Crippen LogP contribution in [0.15, 0.2) is 0 Å². The van der Waals surface area contributed by atoms with Crippen LogP contribution in [0.4, 0.5) is 0 Å². The number of ether oxygens (including phenoxy) is 1. The normalized spacial score (nSPS) is 30.7. The van der Waals surface area contributed by atoms with Crippen molar-refractivity contribution in [3.8, 4) is 0 Å². The van der Waals surface area contributed by atoms with Gasteiger partial charge in [0.05, 0.1) is 7.11 Å². The average molecular weight is 249 g/mol. The van der Waals surface area contributed by atoms with Gasteiger partial charge in [-0.25, -0.2) is 0 Å². The second kappa shape index (κ2) is 4.23. The summed E-state index contributed by atoms with van der Waals surface area (Å²) in [6, 6.07) is -1.96. The molecule has 1 rings (SSSR count). The fraction of sp³-hybridized carbons (Fsp3) is 0.778. The molecule has 1 saturated heterocycles. The van der Waals surface area contributed by atoms with Crippen LogP contribution in [0.25, 0.3) is 0 Å². The number of rotatable bonds is 3. The van der Waals surface area contributed by atoms with E-state index in [1.165, 1.54) is 7.11 Å². The molecule has 92 valence electrons. The molecule has 16 heavy (non-hydrogen) atoms. The summed E-state index contributed by atoms with van der Waals surface area (Å²) in [6.45, 7) is 5.15. The maximum absolute atomic E-state index is 11.9. The van der Waals surface area contributed by atoms with E-state index in [9.17, 15) is 14.1 Å².